The van der Waals surface area contributed by atoms with E-state index in [0.29, 0.717) is 12.8 Å². The molecule has 3 aliphatic heterocycles. The summed E-state index contributed by atoms with van der Waals surface area (Å²) < 4.78 is 34.6. The van der Waals surface area contributed by atoms with Gasteiger partial charge < -0.3 is 100 Å². The number of aliphatic hydroxyl groups excluding tert-OH is 11. The minimum atomic E-state index is -3.08. The number of allylic oxidation sites excluding steroid dienone is 3. The van der Waals surface area contributed by atoms with Gasteiger partial charge in [0.2, 0.25) is 11.8 Å². The number of ether oxygens (including phenoxy) is 6. The third kappa shape index (κ3) is 25.0. The molecule has 0 spiro atoms. The van der Waals surface area contributed by atoms with Crippen molar-refractivity contribution in [2.45, 2.75) is 298 Å². The van der Waals surface area contributed by atoms with Gasteiger partial charge >= 0.3 is 5.97 Å². The fourth-order valence-electron chi connectivity index (χ4n) is 10.5. The van der Waals surface area contributed by atoms with Crippen molar-refractivity contribution in [2.75, 3.05) is 26.4 Å². The van der Waals surface area contributed by atoms with Gasteiger partial charge in [-0.15, -0.1) is 0 Å². The number of hydrogen-bond acceptors (Lipinski definition) is 20. The molecule has 3 fully saturated rings. The highest BCUT2D eigenvalue weighted by molar-refractivity contribution is 5.77. The van der Waals surface area contributed by atoms with Crippen molar-refractivity contribution in [3.63, 3.8) is 0 Å². The topological polar surface area (TPSA) is 373 Å². The number of aliphatic carboxylic acids is 1. The Balaban J connectivity index is 1.68. The monoisotopic (exact) mass is 1160 g/mol. The molecule has 3 aliphatic rings. The smallest absolute Gasteiger partial charge is 0.364 e. The second-order valence-electron chi connectivity index (χ2n) is 22.2. The summed E-state index contributed by atoms with van der Waals surface area (Å²) in [4.78, 5) is 38.3. The van der Waals surface area contributed by atoms with Gasteiger partial charge in [0.1, 0.15) is 67.1 Å². The van der Waals surface area contributed by atoms with Crippen LogP contribution in [0.25, 0.3) is 0 Å². The molecule has 3 saturated heterocycles. The molecule has 0 radical (unpaired) electrons. The van der Waals surface area contributed by atoms with Crippen LogP contribution in [0.15, 0.2) is 24.3 Å². The van der Waals surface area contributed by atoms with Crippen molar-refractivity contribution < 1.29 is 104 Å². The fraction of sp³-hybridized carbons (Fsp3) is 0.879. The van der Waals surface area contributed by atoms with Gasteiger partial charge in [-0.2, -0.15) is 0 Å². The van der Waals surface area contributed by atoms with Crippen molar-refractivity contribution in [3.05, 3.63) is 24.3 Å². The van der Waals surface area contributed by atoms with Gasteiger partial charge in [0.25, 0.3) is 5.79 Å². The molecule has 23 heteroatoms. The van der Waals surface area contributed by atoms with Gasteiger partial charge in [0.15, 0.2) is 12.6 Å². The molecule has 0 aromatic rings. The zero-order valence-corrected chi connectivity index (χ0v) is 48.4. The molecule has 23 nitrogen and oxygen atoms in total. The van der Waals surface area contributed by atoms with Crippen LogP contribution in [0.3, 0.4) is 0 Å². The van der Waals surface area contributed by atoms with Gasteiger partial charge in [-0.3, -0.25) is 9.59 Å². The summed E-state index contributed by atoms with van der Waals surface area (Å²) in [7, 11) is 0. The van der Waals surface area contributed by atoms with E-state index in [4.69, 9.17) is 28.4 Å². The quantitative estimate of drug-likeness (QED) is 0.0308. The SMILES string of the molecule is CCCC/C=C\CCCCCCCC(=O)NC(COC1OC(CO)C(OC2OC(CO)C(O)C(OC3(C(=O)O)CC(O)C(NC(C)=O)C(C(O)C(O)CO)O3)C2O)C(O)C1O)C(O)/C=C/CCCCCCCCCCCCCCCC. The van der Waals surface area contributed by atoms with Gasteiger partial charge in [0.05, 0.1) is 50.7 Å². The number of unbranched alkanes of at least 4 members (excludes halogenated alkanes) is 21. The number of aliphatic hydroxyl groups is 11. The van der Waals surface area contributed by atoms with Crippen LogP contribution in [0, 0.1) is 0 Å². The van der Waals surface area contributed by atoms with Crippen LogP contribution in [0.4, 0.5) is 0 Å². The Morgan fingerprint density at radius 1 is 0.642 bits per heavy atom. The van der Waals surface area contributed by atoms with Crippen molar-refractivity contribution >= 4 is 17.8 Å². The summed E-state index contributed by atoms with van der Waals surface area (Å²) in [6.45, 7) is 2.04. The lowest BCUT2D eigenvalue weighted by molar-refractivity contribution is -0.386. The fourth-order valence-corrected chi connectivity index (χ4v) is 10.5. The first-order valence-electron chi connectivity index (χ1n) is 30.2. The molecule has 3 rings (SSSR count). The Morgan fingerprint density at radius 2 is 1.17 bits per heavy atom. The molecule has 81 heavy (non-hydrogen) atoms. The molecule has 2 amide bonds. The molecule has 18 unspecified atom stereocenters. The van der Waals surface area contributed by atoms with Gasteiger partial charge in [-0.1, -0.05) is 154 Å². The predicted molar refractivity (Wildman–Crippen MR) is 297 cm³/mol. The van der Waals surface area contributed by atoms with E-state index in [1.54, 1.807) is 6.08 Å². The average molecular weight is 1170 g/mol. The number of nitrogens with one attached hydrogen (secondary N) is 2. The van der Waals surface area contributed by atoms with Crippen molar-refractivity contribution in [3.8, 4) is 0 Å². The Hall–Kier alpha value is -2.79. The van der Waals surface area contributed by atoms with E-state index in [1.807, 2.05) is 6.08 Å². The Kier molecular flexibility index (Phi) is 36.2. The van der Waals surface area contributed by atoms with E-state index in [0.717, 1.165) is 71.1 Å². The minimum Gasteiger partial charge on any atom is -0.477 e. The number of carboxylic acid groups (broad SMARTS) is 1. The minimum absolute atomic E-state index is 0.189. The Morgan fingerprint density at radius 3 is 1.72 bits per heavy atom. The summed E-state index contributed by atoms with van der Waals surface area (Å²) in [6, 6.07) is -2.62. The molecule has 0 saturated carbocycles. The molecule has 0 aromatic heterocycles. The second-order valence-corrected chi connectivity index (χ2v) is 22.2. The highest BCUT2D eigenvalue weighted by atomic mass is 16.8. The van der Waals surface area contributed by atoms with Crippen LogP contribution in [-0.2, 0) is 42.8 Å². The first-order chi connectivity index (χ1) is 38.9. The summed E-state index contributed by atoms with van der Waals surface area (Å²) in [6.07, 6.45) is 5.41. The highest BCUT2D eigenvalue weighted by Gasteiger charge is 2.60. The first kappa shape index (κ1) is 72.5. The molecular formula is C58H104N2O21. The maximum atomic E-state index is 13.3. The number of carbonyl (C=O) groups excluding carboxylic acids is 2. The molecular weight excluding hydrogens is 1060 g/mol. The predicted octanol–water partition coefficient (Wildman–Crippen LogP) is 2.55. The van der Waals surface area contributed by atoms with Gasteiger partial charge in [-0.05, 0) is 38.5 Å². The average Bonchev–Trinajstić information content (AvgIpc) is 3.61. The lowest BCUT2D eigenvalue weighted by atomic mass is 9.88. The molecule has 3 heterocycles. The molecule has 0 bridgehead atoms. The zero-order chi connectivity index (χ0) is 59.7. The molecule has 14 N–H and O–H groups in total. The van der Waals surface area contributed by atoms with Crippen molar-refractivity contribution in [1.29, 1.82) is 0 Å². The van der Waals surface area contributed by atoms with Crippen LogP contribution in [0.2, 0.25) is 0 Å². The van der Waals surface area contributed by atoms with E-state index in [9.17, 15) is 75.7 Å². The third-order valence-electron chi connectivity index (χ3n) is 15.4. The largest absolute Gasteiger partial charge is 0.477 e. The first-order valence-corrected chi connectivity index (χ1v) is 30.2. The molecule has 0 aliphatic carbocycles. The summed E-state index contributed by atoms with van der Waals surface area (Å²) in [5.74, 6) is -6.16. The maximum Gasteiger partial charge on any atom is 0.364 e. The number of rotatable bonds is 43. The number of hydrogen-bond donors (Lipinski definition) is 14. The highest BCUT2D eigenvalue weighted by Crippen LogP contribution is 2.38. The Labute approximate surface area is 479 Å². The summed E-state index contributed by atoms with van der Waals surface area (Å²) in [5, 5.41) is 135. The standard InChI is InChI=1S/C58H104N2O21/c1-4-6-8-10-12-14-16-17-18-19-20-22-23-25-27-29-31-40(65)39(60-45(68)32-30-28-26-24-21-15-13-11-9-7-5-2)37-76-55-50(72)49(71)52(44(36-63)78-55)79-56-51(73)54(48(70)43(35-62)77-56)81-58(57(74)75)33-41(66)46(59-38(3)64)53(80-58)47(69)42(67)34-61/h11,13,29,31,39-44,46-56,61-63,65-67,69-73H,4-10,12,14-28,30,32-37H2,1-3H3,(H,59,64)(H,60,68)(H,74,75)/b13-11-,31-29+. The van der Waals surface area contributed by atoms with E-state index in [2.05, 4.69) is 36.6 Å². The maximum absolute atomic E-state index is 13.3. The van der Waals surface area contributed by atoms with Crippen LogP contribution in [0.1, 0.15) is 188 Å². The molecule has 0 aromatic carbocycles. The second kappa shape index (κ2) is 40.5. The van der Waals surface area contributed by atoms with Crippen molar-refractivity contribution in [2.24, 2.45) is 0 Å². The van der Waals surface area contributed by atoms with Gasteiger partial charge in [-0.25, -0.2) is 4.79 Å². The van der Waals surface area contributed by atoms with Crippen LogP contribution in [0.5, 0.6) is 0 Å². The van der Waals surface area contributed by atoms with Crippen LogP contribution >= 0.6 is 0 Å². The summed E-state index contributed by atoms with van der Waals surface area (Å²) in [5.41, 5.74) is 0. The Bertz CT molecular complexity index is 1770. The molecule has 18 atom stereocenters. The molecule has 472 valence electrons. The number of amides is 2. The van der Waals surface area contributed by atoms with Gasteiger partial charge in [0, 0.05) is 19.8 Å². The normalized spacial score (nSPS) is 30.6. The third-order valence-corrected chi connectivity index (χ3v) is 15.4. The van der Waals surface area contributed by atoms with Crippen LogP contribution < -0.4 is 10.6 Å². The van der Waals surface area contributed by atoms with Crippen molar-refractivity contribution in [1.82, 2.24) is 10.6 Å². The van der Waals surface area contributed by atoms with E-state index < -0.39 is 155 Å². The zero-order valence-electron chi connectivity index (χ0n) is 48.4. The number of carboxylic acids is 1. The van der Waals surface area contributed by atoms with E-state index >= 15 is 0 Å². The van der Waals surface area contributed by atoms with Crippen LogP contribution in [-0.4, -0.2) is 215 Å². The lowest BCUT2D eigenvalue weighted by Crippen LogP contribution is -2.70. The lowest BCUT2D eigenvalue weighted by Gasteiger charge is -2.50. The van der Waals surface area contributed by atoms with E-state index in [-0.39, 0.29) is 12.3 Å². The number of carbonyl (C=O) groups is 3. The summed E-state index contributed by atoms with van der Waals surface area (Å²) >= 11 is 0. The van der Waals surface area contributed by atoms with E-state index in [1.165, 1.54) is 77.0 Å².